The van der Waals surface area contributed by atoms with E-state index >= 15 is 0 Å². The number of para-hydroxylation sites is 1. The van der Waals surface area contributed by atoms with E-state index in [-0.39, 0.29) is 6.10 Å². The molecule has 0 aliphatic rings. The predicted octanol–water partition coefficient (Wildman–Crippen LogP) is 4.02. The van der Waals surface area contributed by atoms with Crippen LogP contribution in [-0.4, -0.2) is 26.2 Å². The molecule has 0 atom stereocenters. The Balaban J connectivity index is 1.83. The largest absolute Gasteiger partial charge is 0.491 e. The number of hydrogen-bond acceptors (Lipinski definition) is 3. The second-order valence-corrected chi connectivity index (χ2v) is 5.38. The molecule has 0 spiro atoms. The van der Waals surface area contributed by atoms with Gasteiger partial charge in [-0.15, -0.1) is 0 Å². The standard InChI is InChI=1S/C18H24N2O/c1-15(2)21-18-11-7-8-16(14-18)19-12-13-20(3)17-9-5-4-6-10-17/h4-11,14-15,19H,12-13H2,1-3H3. The Kier molecular flexibility index (Phi) is 5.50. The van der Waals surface area contributed by atoms with Gasteiger partial charge in [-0.05, 0) is 38.1 Å². The van der Waals surface area contributed by atoms with Crippen molar-refractivity contribution in [2.75, 3.05) is 30.4 Å². The average molecular weight is 284 g/mol. The van der Waals surface area contributed by atoms with Crippen LogP contribution >= 0.6 is 0 Å². The molecule has 0 fully saturated rings. The molecule has 0 saturated carbocycles. The van der Waals surface area contributed by atoms with E-state index in [2.05, 4.69) is 47.6 Å². The molecule has 112 valence electrons. The Morgan fingerprint density at radius 2 is 1.81 bits per heavy atom. The van der Waals surface area contributed by atoms with Crippen LogP contribution in [0.1, 0.15) is 13.8 Å². The van der Waals surface area contributed by atoms with Gasteiger partial charge in [0.25, 0.3) is 0 Å². The Labute approximate surface area is 127 Å². The van der Waals surface area contributed by atoms with Crippen LogP contribution in [0.3, 0.4) is 0 Å². The SMILES string of the molecule is CC(C)Oc1cccc(NCCN(C)c2ccccc2)c1. The Morgan fingerprint density at radius 1 is 1.05 bits per heavy atom. The third-order valence-electron chi connectivity index (χ3n) is 3.18. The van der Waals surface area contributed by atoms with Gasteiger partial charge in [-0.1, -0.05) is 24.3 Å². The Morgan fingerprint density at radius 3 is 2.52 bits per heavy atom. The van der Waals surface area contributed by atoms with E-state index in [1.807, 2.05) is 38.1 Å². The topological polar surface area (TPSA) is 24.5 Å². The molecule has 2 aromatic rings. The molecule has 1 N–H and O–H groups in total. The van der Waals surface area contributed by atoms with Crippen molar-refractivity contribution in [3.63, 3.8) is 0 Å². The number of rotatable bonds is 7. The summed E-state index contributed by atoms with van der Waals surface area (Å²) in [7, 11) is 2.11. The van der Waals surface area contributed by atoms with Gasteiger partial charge in [0.15, 0.2) is 0 Å². The lowest BCUT2D eigenvalue weighted by atomic mass is 10.3. The lowest BCUT2D eigenvalue weighted by molar-refractivity contribution is 0.242. The van der Waals surface area contributed by atoms with E-state index in [0.717, 1.165) is 24.5 Å². The van der Waals surface area contributed by atoms with Crippen molar-refractivity contribution in [3.8, 4) is 5.75 Å². The summed E-state index contributed by atoms with van der Waals surface area (Å²) in [6.07, 6.45) is 0.199. The van der Waals surface area contributed by atoms with Crippen molar-refractivity contribution in [2.45, 2.75) is 20.0 Å². The molecule has 0 aliphatic carbocycles. The lowest BCUT2D eigenvalue weighted by Crippen LogP contribution is -2.24. The number of likely N-dealkylation sites (N-methyl/N-ethyl adjacent to an activating group) is 1. The number of hydrogen-bond donors (Lipinski definition) is 1. The minimum atomic E-state index is 0.199. The summed E-state index contributed by atoms with van der Waals surface area (Å²) < 4.78 is 5.70. The van der Waals surface area contributed by atoms with Gasteiger partial charge >= 0.3 is 0 Å². The summed E-state index contributed by atoms with van der Waals surface area (Å²) in [5.74, 6) is 0.909. The second-order valence-electron chi connectivity index (χ2n) is 5.38. The molecule has 3 heteroatoms. The van der Waals surface area contributed by atoms with E-state index in [0.29, 0.717) is 0 Å². The first-order valence-electron chi connectivity index (χ1n) is 7.42. The Hall–Kier alpha value is -2.16. The van der Waals surface area contributed by atoms with Crippen LogP contribution < -0.4 is 15.0 Å². The van der Waals surface area contributed by atoms with Crippen LogP contribution in [0.4, 0.5) is 11.4 Å². The molecule has 0 unspecified atom stereocenters. The summed E-state index contributed by atoms with van der Waals surface area (Å²) in [6, 6.07) is 18.5. The van der Waals surface area contributed by atoms with Gasteiger partial charge in [-0.25, -0.2) is 0 Å². The monoisotopic (exact) mass is 284 g/mol. The van der Waals surface area contributed by atoms with Crippen LogP contribution in [0, 0.1) is 0 Å². The molecular weight excluding hydrogens is 260 g/mol. The molecule has 3 nitrogen and oxygen atoms in total. The molecule has 0 aromatic heterocycles. The number of nitrogens with one attached hydrogen (secondary N) is 1. The summed E-state index contributed by atoms with van der Waals surface area (Å²) in [6.45, 7) is 5.90. The van der Waals surface area contributed by atoms with E-state index in [4.69, 9.17) is 4.74 Å². The van der Waals surface area contributed by atoms with Gasteiger partial charge in [0.2, 0.25) is 0 Å². The van der Waals surface area contributed by atoms with Gasteiger partial charge < -0.3 is 15.0 Å². The zero-order valence-corrected chi connectivity index (χ0v) is 13.0. The fraction of sp³-hybridized carbons (Fsp3) is 0.333. The molecule has 2 rings (SSSR count). The summed E-state index contributed by atoms with van der Waals surface area (Å²) in [5, 5.41) is 3.44. The predicted molar refractivity (Wildman–Crippen MR) is 90.4 cm³/mol. The summed E-state index contributed by atoms with van der Waals surface area (Å²) in [4.78, 5) is 2.24. The maximum Gasteiger partial charge on any atom is 0.121 e. The van der Waals surface area contributed by atoms with Crippen LogP contribution in [-0.2, 0) is 0 Å². The molecule has 0 aliphatic heterocycles. The first-order chi connectivity index (χ1) is 10.1. The maximum atomic E-state index is 5.70. The van der Waals surface area contributed by atoms with Crippen molar-refractivity contribution in [2.24, 2.45) is 0 Å². The maximum absolute atomic E-state index is 5.70. The number of anilines is 2. The quantitative estimate of drug-likeness (QED) is 0.831. The van der Waals surface area contributed by atoms with Crippen molar-refractivity contribution < 1.29 is 4.74 Å². The number of ether oxygens (including phenoxy) is 1. The van der Waals surface area contributed by atoms with Crippen LogP contribution in [0.15, 0.2) is 54.6 Å². The van der Waals surface area contributed by atoms with Crippen LogP contribution in [0.25, 0.3) is 0 Å². The minimum absolute atomic E-state index is 0.199. The molecule has 0 bridgehead atoms. The summed E-state index contributed by atoms with van der Waals surface area (Å²) >= 11 is 0. The van der Waals surface area contributed by atoms with Crippen LogP contribution in [0.5, 0.6) is 5.75 Å². The fourth-order valence-electron chi connectivity index (χ4n) is 2.13. The molecular formula is C18H24N2O. The lowest BCUT2D eigenvalue weighted by Gasteiger charge is -2.20. The van der Waals surface area contributed by atoms with E-state index in [1.165, 1.54) is 5.69 Å². The zero-order chi connectivity index (χ0) is 15.1. The number of benzene rings is 2. The van der Waals surface area contributed by atoms with Gasteiger partial charge in [-0.3, -0.25) is 0 Å². The summed E-state index contributed by atoms with van der Waals surface area (Å²) in [5.41, 5.74) is 2.32. The number of nitrogens with zero attached hydrogens (tertiary/aromatic N) is 1. The highest BCUT2D eigenvalue weighted by atomic mass is 16.5. The van der Waals surface area contributed by atoms with E-state index in [1.54, 1.807) is 0 Å². The zero-order valence-electron chi connectivity index (χ0n) is 13.0. The van der Waals surface area contributed by atoms with Gasteiger partial charge in [-0.2, -0.15) is 0 Å². The highest BCUT2D eigenvalue weighted by Crippen LogP contribution is 2.18. The highest BCUT2D eigenvalue weighted by Gasteiger charge is 2.01. The highest BCUT2D eigenvalue weighted by molar-refractivity contribution is 5.49. The first-order valence-corrected chi connectivity index (χ1v) is 7.42. The molecule has 0 radical (unpaired) electrons. The van der Waals surface area contributed by atoms with E-state index in [9.17, 15) is 0 Å². The van der Waals surface area contributed by atoms with Gasteiger partial charge in [0.05, 0.1) is 6.10 Å². The van der Waals surface area contributed by atoms with Crippen molar-refractivity contribution >= 4 is 11.4 Å². The second kappa shape index (κ2) is 7.58. The molecule has 0 amide bonds. The molecule has 0 heterocycles. The Bertz CT molecular complexity index is 540. The molecule has 2 aromatic carbocycles. The van der Waals surface area contributed by atoms with Crippen molar-refractivity contribution in [1.82, 2.24) is 0 Å². The van der Waals surface area contributed by atoms with Crippen molar-refractivity contribution in [1.29, 1.82) is 0 Å². The van der Waals surface area contributed by atoms with Gasteiger partial charge in [0, 0.05) is 37.6 Å². The van der Waals surface area contributed by atoms with Crippen LogP contribution in [0.2, 0.25) is 0 Å². The average Bonchev–Trinajstić information content (AvgIpc) is 2.48. The van der Waals surface area contributed by atoms with Gasteiger partial charge in [0.1, 0.15) is 5.75 Å². The van der Waals surface area contributed by atoms with E-state index < -0.39 is 0 Å². The molecule has 21 heavy (non-hydrogen) atoms. The first kappa shape index (κ1) is 15.2. The third-order valence-corrected chi connectivity index (χ3v) is 3.18. The third kappa shape index (κ3) is 5.03. The minimum Gasteiger partial charge on any atom is -0.491 e. The van der Waals surface area contributed by atoms with Crippen molar-refractivity contribution in [3.05, 3.63) is 54.6 Å². The smallest absolute Gasteiger partial charge is 0.121 e. The normalized spacial score (nSPS) is 10.5. The fourth-order valence-corrected chi connectivity index (χ4v) is 2.13. The molecule has 0 saturated heterocycles.